The first kappa shape index (κ1) is 21.7. The largest absolute Gasteiger partial charge is 0.412 e. The third-order valence-electron chi connectivity index (χ3n) is 1.67. The van der Waals surface area contributed by atoms with Gasteiger partial charge in [0.1, 0.15) is 0 Å². The van der Waals surface area contributed by atoms with Crippen molar-refractivity contribution in [3.8, 4) is 0 Å². The van der Waals surface area contributed by atoms with Crippen LogP contribution in [0.3, 0.4) is 0 Å². The average Bonchev–Trinajstić information content (AvgIpc) is 2.46. The van der Waals surface area contributed by atoms with E-state index in [0.29, 0.717) is 12.8 Å². The summed E-state index contributed by atoms with van der Waals surface area (Å²) in [5, 5.41) is 3.00. The molecule has 0 fully saturated rings. The van der Waals surface area contributed by atoms with Crippen molar-refractivity contribution in [1.29, 1.82) is 0 Å². The van der Waals surface area contributed by atoms with E-state index in [2.05, 4.69) is 5.32 Å². The number of nitrogens with one attached hydrogen (secondary N) is 1. The summed E-state index contributed by atoms with van der Waals surface area (Å²) in [6.45, 7) is 0.458. The molecule has 0 atom stereocenters. The van der Waals surface area contributed by atoms with Crippen LogP contribution in [0.5, 0.6) is 0 Å². The highest BCUT2D eigenvalue weighted by Gasteiger charge is 2.16. The molecule has 0 aliphatic carbocycles. The van der Waals surface area contributed by atoms with Crippen LogP contribution in [0.1, 0.15) is 10.4 Å². The maximum absolute atomic E-state index is 11.0. The molecular weight excluding hydrogens is 266 g/mol. The summed E-state index contributed by atoms with van der Waals surface area (Å²) < 4.78 is 25.9. The minimum atomic E-state index is -3.67. The van der Waals surface area contributed by atoms with Gasteiger partial charge in [-0.2, -0.15) is 8.42 Å². The number of ketones is 1. The van der Waals surface area contributed by atoms with E-state index in [1.165, 1.54) is 0 Å². The summed E-state index contributed by atoms with van der Waals surface area (Å²) in [4.78, 5) is 11.0. The lowest BCUT2D eigenvalue weighted by Crippen LogP contribution is -2.00. The molecule has 0 spiro atoms. The number of carbonyl (C=O) groups is 1. The van der Waals surface area contributed by atoms with Crippen molar-refractivity contribution >= 4 is 21.6 Å². The Morgan fingerprint density at radius 2 is 1.61 bits per heavy atom. The number of para-hydroxylation sites is 1. The van der Waals surface area contributed by atoms with Gasteiger partial charge in [-0.15, -0.1) is 0 Å². The van der Waals surface area contributed by atoms with Gasteiger partial charge >= 0.3 is 0 Å². The molecule has 9 heteroatoms. The summed E-state index contributed by atoms with van der Waals surface area (Å²) in [5.41, 5.74) is 1.79. The third kappa shape index (κ3) is 7.70. The van der Waals surface area contributed by atoms with Gasteiger partial charge in [0, 0.05) is 11.3 Å². The van der Waals surface area contributed by atoms with Crippen molar-refractivity contribution in [3.63, 3.8) is 0 Å². The third-order valence-corrected chi connectivity index (χ3v) is 1.67. The fourth-order valence-corrected chi connectivity index (χ4v) is 1.15. The maximum Gasteiger partial charge on any atom is 0.261 e. The molecule has 2 rings (SSSR count). The van der Waals surface area contributed by atoms with Crippen LogP contribution in [0.2, 0.25) is 0 Å². The lowest BCUT2D eigenvalue weighted by molar-refractivity contribution is 0.101. The molecule has 0 unspecified atom stereocenters. The number of rotatable bonds is 0. The summed E-state index contributed by atoms with van der Waals surface area (Å²) >= 11 is 0. The Kier molecular flexibility index (Phi) is 10.3. The lowest BCUT2D eigenvalue weighted by Gasteiger charge is -1.92. The highest BCUT2D eigenvalue weighted by atomic mass is 32.2. The molecule has 1 heterocycles. The Labute approximate surface area is 104 Å². The second kappa shape index (κ2) is 8.55. The van der Waals surface area contributed by atoms with Gasteiger partial charge in [-0.05, 0) is 12.1 Å². The van der Waals surface area contributed by atoms with E-state index in [1.54, 1.807) is 0 Å². The first-order valence-electron chi connectivity index (χ1n) is 4.16. The molecule has 0 saturated heterocycles. The van der Waals surface area contributed by atoms with Crippen LogP contribution in [0.25, 0.3) is 0 Å². The molecule has 0 radical (unpaired) electrons. The Balaban J connectivity index is -0.000000252. The minimum Gasteiger partial charge on any atom is -0.412 e. The van der Waals surface area contributed by atoms with E-state index >= 15 is 0 Å². The summed E-state index contributed by atoms with van der Waals surface area (Å²) in [7, 11) is -3.67. The molecule has 0 aromatic heterocycles. The molecule has 1 aromatic carbocycles. The molecule has 0 amide bonds. The van der Waals surface area contributed by atoms with E-state index < -0.39 is 10.1 Å². The van der Waals surface area contributed by atoms with Gasteiger partial charge in [-0.1, -0.05) is 12.1 Å². The summed E-state index contributed by atoms with van der Waals surface area (Å²) in [6, 6.07) is 7.56. The average molecular weight is 283 g/mol. The molecule has 0 saturated carbocycles. The number of benzene rings is 1. The van der Waals surface area contributed by atoms with Gasteiger partial charge in [-0.25, -0.2) is 0 Å². The van der Waals surface area contributed by atoms with Gasteiger partial charge in [0.15, 0.2) is 5.78 Å². The predicted octanol–water partition coefficient (Wildman–Crippen LogP) is -1.68. The number of hydrogen-bond donors (Lipinski definition) is 2. The van der Waals surface area contributed by atoms with Crippen LogP contribution in [0.4, 0.5) is 5.69 Å². The van der Waals surface area contributed by atoms with Crippen LogP contribution in [0, 0.1) is 0 Å². The fourth-order valence-electron chi connectivity index (χ4n) is 1.15. The highest BCUT2D eigenvalue weighted by Crippen LogP contribution is 2.20. The second-order valence-electron chi connectivity index (χ2n) is 3.06. The number of hydrogen-bond acceptors (Lipinski definition) is 4. The lowest BCUT2D eigenvalue weighted by atomic mass is 10.1. The number of Topliss-reactive ketones (excluding diaryl/α,β-unsaturated/α-hetero) is 1. The van der Waals surface area contributed by atoms with Crippen LogP contribution < -0.4 is 5.32 Å². The topological polar surface area (TPSA) is 178 Å². The van der Waals surface area contributed by atoms with Crippen LogP contribution >= 0.6 is 0 Å². The second-order valence-corrected chi connectivity index (χ2v) is 4.52. The Morgan fingerprint density at radius 3 is 2.06 bits per heavy atom. The quantitative estimate of drug-likeness (QED) is 0.539. The first-order chi connectivity index (χ1) is 6.88. The number of anilines is 1. The molecule has 0 bridgehead atoms. The molecular formula is C9H17NO7S. The maximum atomic E-state index is 11.0. The van der Waals surface area contributed by atoms with Crippen LogP contribution in [-0.2, 0) is 10.1 Å². The fraction of sp³-hybridized carbons (Fsp3) is 0.222. The summed E-state index contributed by atoms with van der Waals surface area (Å²) in [6.07, 6.45) is 0.715. The Bertz CT molecular complexity index is 464. The zero-order chi connectivity index (χ0) is 11.5. The monoisotopic (exact) mass is 283 g/mol. The van der Waals surface area contributed by atoms with Crippen molar-refractivity contribution in [2.24, 2.45) is 0 Å². The first-order valence-corrected chi connectivity index (χ1v) is 6.01. The number of fused-ring (bicyclic) bond motifs is 1. The van der Waals surface area contributed by atoms with E-state index in [1.807, 2.05) is 24.3 Å². The molecule has 106 valence electrons. The van der Waals surface area contributed by atoms with Crippen molar-refractivity contribution in [2.75, 3.05) is 18.1 Å². The predicted molar refractivity (Wildman–Crippen MR) is 67.6 cm³/mol. The van der Waals surface area contributed by atoms with Gasteiger partial charge in [0.25, 0.3) is 10.1 Å². The van der Waals surface area contributed by atoms with Crippen molar-refractivity contribution < 1.29 is 34.2 Å². The van der Waals surface area contributed by atoms with Crippen molar-refractivity contribution in [1.82, 2.24) is 0 Å². The standard InChI is InChI=1S/C8H7NO.CH4O3S.3H2O/c10-8-5-9-7-4-2-1-3-6(7)8;1-5(2,3)4;;;/h1-4,9H,5H2;1H3,(H,2,3,4);3*1H2. The van der Waals surface area contributed by atoms with Gasteiger partial charge in [-0.3, -0.25) is 9.35 Å². The molecule has 8 nitrogen and oxygen atoms in total. The molecule has 1 aliphatic rings. The van der Waals surface area contributed by atoms with Gasteiger partial charge in [0.2, 0.25) is 0 Å². The van der Waals surface area contributed by atoms with E-state index in [9.17, 15) is 13.2 Å². The number of carbonyl (C=O) groups excluding carboxylic acids is 1. The molecule has 8 N–H and O–H groups in total. The van der Waals surface area contributed by atoms with Crippen LogP contribution in [0.15, 0.2) is 24.3 Å². The summed E-state index contributed by atoms with van der Waals surface area (Å²) in [5.74, 6) is 0.190. The zero-order valence-corrected chi connectivity index (χ0v) is 10.4. The van der Waals surface area contributed by atoms with Crippen molar-refractivity contribution in [2.45, 2.75) is 0 Å². The molecule has 1 aromatic rings. The van der Waals surface area contributed by atoms with Gasteiger partial charge in [0.05, 0.1) is 12.8 Å². The Morgan fingerprint density at radius 1 is 1.17 bits per heavy atom. The SMILES string of the molecule is CS(=O)(=O)O.O.O.O.O=C1CNc2ccccc21. The normalized spacial score (nSPS) is 11.3. The van der Waals surface area contributed by atoms with E-state index in [4.69, 9.17) is 4.55 Å². The van der Waals surface area contributed by atoms with E-state index in [-0.39, 0.29) is 22.2 Å². The smallest absolute Gasteiger partial charge is 0.261 e. The highest BCUT2D eigenvalue weighted by molar-refractivity contribution is 7.85. The zero-order valence-electron chi connectivity index (χ0n) is 9.60. The Hall–Kier alpha value is -1.52. The van der Waals surface area contributed by atoms with E-state index in [0.717, 1.165) is 11.3 Å². The van der Waals surface area contributed by atoms with Crippen LogP contribution in [-0.4, -0.2) is 48.0 Å². The van der Waals surface area contributed by atoms with Gasteiger partial charge < -0.3 is 21.7 Å². The minimum absolute atomic E-state index is 0. The molecule has 18 heavy (non-hydrogen) atoms. The molecule has 1 aliphatic heterocycles. The van der Waals surface area contributed by atoms with Crippen molar-refractivity contribution in [3.05, 3.63) is 29.8 Å².